The van der Waals surface area contributed by atoms with Gasteiger partial charge in [0.05, 0.1) is 0 Å². The molecule has 1 aromatic carbocycles. The molecule has 1 fully saturated rings. The average Bonchev–Trinajstić information content (AvgIpc) is 2.58. The van der Waals surface area contributed by atoms with E-state index >= 15 is 0 Å². The van der Waals surface area contributed by atoms with E-state index in [9.17, 15) is 0 Å². The van der Waals surface area contributed by atoms with Crippen LogP contribution in [0.4, 0.5) is 0 Å². The minimum atomic E-state index is 0.303. The summed E-state index contributed by atoms with van der Waals surface area (Å²) in [7, 11) is 0. The standard InChI is InChI=1S/C12H13Cl2N/c13-11-2-1-3-12(14)10(11)7-8-4-5-9(15)6-8/h1-3,7,9H,4-6,15H2. The van der Waals surface area contributed by atoms with E-state index in [1.165, 1.54) is 5.57 Å². The van der Waals surface area contributed by atoms with Gasteiger partial charge in [0.2, 0.25) is 0 Å². The van der Waals surface area contributed by atoms with E-state index in [-0.39, 0.29) is 0 Å². The predicted octanol–water partition coefficient (Wildman–Crippen LogP) is 3.89. The molecule has 3 heteroatoms. The molecule has 1 nitrogen and oxygen atoms in total. The van der Waals surface area contributed by atoms with Crippen molar-refractivity contribution in [2.24, 2.45) is 5.73 Å². The van der Waals surface area contributed by atoms with Gasteiger partial charge in [0, 0.05) is 21.7 Å². The van der Waals surface area contributed by atoms with Gasteiger partial charge in [0.25, 0.3) is 0 Å². The quantitative estimate of drug-likeness (QED) is 0.794. The van der Waals surface area contributed by atoms with Crippen LogP contribution in [-0.2, 0) is 0 Å². The lowest BCUT2D eigenvalue weighted by atomic mass is 10.1. The summed E-state index contributed by atoms with van der Waals surface area (Å²) in [4.78, 5) is 0. The number of hydrogen-bond donors (Lipinski definition) is 1. The Hall–Kier alpha value is -0.500. The molecule has 2 rings (SSSR count). The summed E-state index contributed by atoms with van der Waals surface area (Å²) in [5.74, 6) is 0. The first-order valence-corrected chi connectivity index (χ1v) is 5.81. The minimum Gasteiger partial charge on any atom is -0.327 e. The highest BCUT2D eigenvalue weighted by atomic mass is 35.5. The first kappa shape index (κ1) is 11.0. The van der Waals surface area contributed by atoms with Gasteiger partial charge in [-0.3, -0.25) is 0 Å². The van der Waals surface area contributed by atoms with Crippen molar-refractivity contribution >= 4 is 29.3 Å². The Kier molecular flexibility index (Phi) is 3.35. The van der Waals surface area contributed by atoms with Crippen LogP contribution < -0.4 is 5.73 Å². The van der Waals surface area contributed by atoms with Crippen LogP contribution in [0.3, 0.4) is 0 Å². The third-order valence-electron chi connectivity index (χ3n) is 2.71. The van der Waals surface area contributed by atoms with Crippen LogP contribution in [0.2, 0.25) is 10.0 Å². The van der Waals surface area contributed by atoms with Crippen LogP contribution in [0.15, 0.2) is 23.8 Å². The second-order valence-electron chi connectivity index (χ2n) is 3.94. The lowest BCUT2D eigenvalue weighted by molar-refractivity contribution is 0.711. The molecule has 1 unspecified atom stereocenters. The zero-order valence-electron chi connectivity index (χ0n) is 8.34. The molecule has 0 radical (unpaired) electrons. The van der Waals surface area contributed by atoms with Crippen molar-refractivity contribution in [2.75, 3.05) is 0 Å². The molecule has 0 amide bonds. The molecule has 0 bridgehead atoms. The van der Waals surface area contributed by atoms with E-state index in [1.807, 2.05) is 18.2 Å². The summed E-state index contributed by atoms with van der Waals surface area (Å²) in [5, 5.41) is 1.41. The lowest BCUT2D eigenvalue weighted by Crippen LogP contribution is -2.13. The van der Waals surface area contributed by atoms with Crippen molar-refractivity contribution in [3.63, 3.8) is 0 Å². The van der Waals surface area contributed by atoms with Gasteiger partial charge in [-0.1, -0.05) is 40.9 Å². The molecule has 1 aromatic rings. The van der Waals surface area contributed by atoms with Gasteiger partial charge in [-0.25, -0.2) is 0 Å². The van der Waals surface area contributed by atoms with Crippen molar-refractivity contribution < 1.29 is 0 Å². The summed E-state index contributed by atoms with van der Waals surface area (Å²) in [6, 6.07) is 5.87. The Morgan fingerprint density at radius 1 is 1.27 bits per heavy atom. The fourth-order valence-electron chi connectivity index (χ4n) is 1.90. The van der Waals surface area contributed by atoms with Crippen LogP contribution in [0, 0.1) is 0 Å². The van der Waals surface area contributed by atoms with E-state index in [2.05, 4.69) is 6.08 Å². The van der Waals surface area contributed by atoms with Gasteiger partial charge < -0.3 is 5.73 Å². The third kappa shape index (κ3) is 2.54. The Labute approximate surface area is 99.9 Å². The minimum absolute atomic E-state index is 0.303. The summed E-state index contributed by atoms with van der Waals surface area (Å²) in [6.45, 7) is 0. The molecule has 0 spiro atoms. The van der Waals surface area contributed by atoms with Gasteiger partial charge in [-0.05, 0) is 31.4 Å². The molecule has 15 heavy (non-hydrogen) atoms. The normalized spacial score (nSPS) is 23.7. The maximum atomic E-state index is 6.08. The van der Waals surface area contributed by atoms with Crippen LogP contribution >= 0.6 is 23.2 Å². The van der Waals surface area contributed by atoms with Crippen LogP contribution in [0.5, 0.6) is 0 Å². The number of benzene rings is 1. The first-order valence-electron chi connectivity index (χ1n) is 5.06. The Balaban J connectivity index is 2.31. The Morgan fingerprint density at radius 3 is 2.47 bits per heavy atom. The van der Waals surface area contributed by atoms with Crippen molar-refractivity contribution in [2.45, 2.75) is 25.3 Å². The molecule has 0 saturated heterocycles. The molecule has 2 N–H and O–H groups in total. The molecular formula is C12H13Cl2N. The molecule has 1 aliphatic rings. The Morgan fingerprint density at radius 2 is 1.93 bits per heavy atom. The number of hydrogen-bond acceptors (Lipinski definition) is 1. The fraction of sp³-hybridized carbons (Fsp3) is 0.333. The summed E-state index contributed by atoms with van der Waals surface area (Å²) in [6.07, 6.45) is 5.16. The largest absolute Gasteiger partial charge is 0.327 e. The molecule has 1 aliphatic carbocycles. The number of nitrogens with two attached hydrogens (primary N) is 1. The zero-order chi connectivity index (χ0) is 10.8. The third-order valence-corrected chi connectivity index (χ3v) is 3.37. The highest BCUT2D eigenvalue weighted by Gasteiger charge is 2.15. The van der Waals surface area contributed by atoms with E-state index in [1.54, 1.807) is 0 Å². The van der Waals surface area contributed by atoms with Crippen molar-refractivity contribution in [1.29, 1.82) is 0 Å². The molecule has 1 atom stereocenters. The van der Waals surface area contributed by atoms with Gasteiger partial charge >= 0.3 is 0 Å². The zero-order valence-corrected chi connectivity index (χ0v) is 9.85. The maximum Gasteiger partial charge on any atom is 0.0493 e. The second-order valence-corrected chi connectivity index (χ2v) is 4.76. The molecule has 0 aromatic heterocycles. The Bertz CT molecular complexity index is 378. The molecule has 0 aliphatic heterocycles. The van der Waals surface area contributed by atoms with Gasteiger partial charge in [-0.2, -0.15) is 0 Å². The van der Waals surface area contributed by atoms with E-state index in [0.717, 1.165) is 24.8 Å². The molecule has 80 valence electrons. The van der Waals surface area contributed by atoms with Gasteiger partial charge in [0.1, 0.15) is 0 Å². The smallest absolute Gasteiger partial charge is 0.0493 e. The van der Waals surface area contributed by atoms with Gasteiger partial charge in [0.15, 0.2) is 0 Å². The first-order chi connectivity index (χ1) is 7.16. The van der Waals surface area contributed by atoms with Crippen molar-refractivity contribution in [1.82, 2.24) is 0 Å². The highest BCUT2D eigenvalue weighted by Crippen LogP contribution is 2.31. The van der Waals surface area contributed by atoms with Crippen molar-refractivity contribution in [3.05, 3.63) is 39.4 Å². The lowest BCUT2D eigenvalue weighted by Gasteiger charge is -2.03. The molecular weight excluding hydrogens is 229 g/mol. The van der Waals surface area contributed by atoms with Crippen molar-refractivity contribution in [3.8, 4) is 0 Å². The molecule has 1 saturated carbocycles. The molecule has 0 heterocycles. The summed E-state index contributed by atoms with van der Waals surface area (Å²) in [5.41, 5.74) is 8.11. The van der Waals surface area contributed by atoms with E-state index in [4.69, 9.17) is 28.9 Å². The monoisotopic (exact) mass is 241 g/mol. The number of rotatable bonds is 1. The van der Waals surface area contributed by atoms with Crippen LogP contribution in [0.1, 0.15) is 24.8 Å². The highest BCUT2D eigenvalue weighted by molar-refractivity contribution is 6.37. The second kappa shape index (κ2) is 4.56. The summed E-state index contributed by atoms with van der Waals surface area (Å²) >= 11 is 12.2. The SMILES string of the molecule is NC1CCC(=Cc2c(Cl)cccc2Cl)C1. The summed E-state index contributed by atoms with van der Waals surface area (Å²) < 4.78 is 0. The average molecular weight is 242 g/mol. The van der Waals surface area contributed by atoms with E-state index < -0.39 is 0 Å². The van der Waals surface area contributed by atoms with Crippen LogP contribution in [-0.4, -0.2) is 6.04 Å². The van der Waals surface area contributed by atoms with E-state index in [0.29, 0.717) is 16.1 Å². The number of halogens is 2. The maximum absolute atomic E-state index is 6.08. The van der Waals surface area contributed by atoms with Crippen LogP contribution in [0.25, 0.3) is 6.08 Å². The topological polar surface area (TPSA) is 26.0 Å². The predicted molar refractivity (Wildman–Crippen MR) is 66.3 cm³/mol. The van der Waals surface area contributed by atoms with Gasteiger partial charge in [-0.15, -0.1) is 0 Å². The fourth-order valence-corrected chi connectivity index (χ4v) is 2.40.